The van der Waals surface area contributed by atoms with E-state index < -0.39 is 8.07 Å². The summed E-state index contributed by atoms with van der Waals surface area (Å²) in [5, 5.41) is 8.52. The molecule has 142 valence electrons. The van der Waals surface area contributed by atoms with Gasteiger partial charge >= 0.3 is 0 Å². The molecule has 1 heterocycles. The van der Waals surface area contributed by atoms with Crippen LogP contribution < -0.4 is 20.7 Å². The molecule has 0 bridgehead atoms. The lowest BCUT2D eigenvalue weighted by Crippen LogP contribution is -2.73. The highest BCUT2D eigenvalue weighted by Crippen LogP contribution is 2.34. The number of hydrogen-bond donors (Lipinski definition) is 0. The summed E-state index contributed by atoms with van der Waals surface area (Å²) in [6.07, 6.45) is 0. The zero-order chi connectivity index (χ0) is 20.1. The number of halogens is 1. The van der Waals surface area contributed by atoms with E-state index >= 15 is 0 Å². The second-order valence-corrected chi connectivity index (χ2v) is 12.4. The quantitative estimate of drug-likeness (QED) is 0.319. The summed E-state index contributed by atoms with van der Waals surface area (Å²) < 4.78 is 1.18. The third kappa shape index (κ3) is 2.32. The molecule has 0 radical (unpaired) electrons. The lowest BCUT2D eigenvalue weighted by molar-refractivity contribution is 1.66. The van der Waals surface area contributed by atoms with Crippen molar-refractivity contribution in [1.82, 2.24) is 0 Å². The minimum atomic E-state index is -2.45. The fourth-order valence-electron chi connectivity index (χ4n) is 5.28. The van der Waals surface area contributed by atoms with Crippen LogP contribution in [0.15, 0.2) is 120 Å². The molecular formula is C28H19BrSi. The van der Waals surface area contributed by atoms with Crippen molar-refractivity contribution >= 4 is 55.5 Å². The van der Waals surface area contributed by atoms with Gasteiger partial charge in [0.05, 0.1) is 0 Å². The first-order chi connectivity index (χ1) is 14.8. The van der Waals surface area contributed by atoms with Crippen LogP contribution >= 0.6 is 15.9 Å². The molecule has 0 fully saturated rings. The van der Waals surface area contributed by atoms with E-state index in [0.717, 1.165) is 0 Å². The molecular weight excluding hydrogens is 444 g/mol. The van der Waals surface area contributed by atoms with Crippen molar-refractivity contribution in [2.75, 3.05) is 0 Å². The van der Waals surface area contributed by atoms with Gasteiger partial charge in [-0.15, -0.1) is 0 Å². The third-order valence-electron chi connectivity index (χ3n) is 6.42. The Morgan fingerprint density at radius 1 is 0.500 bits per heavy atom. The zero-order valence-corrected chi connectivity index (χ0v) is 18.9. The second kappa shape index (κ2) is 6.80. The molecule has 1 unspecified atom stereocenters. The fourth-order valence-corrected chi connectivity index (χ4v) is 11.5. The number of benzene rings is 5. The third-order valence-corrected chi connectivity index (χ3v) is 12.0. The van der Waals surface area contributed by atoms with E-state index in [0.29, 0.717) is 0 Å². The van der Waals surface area contributed by atoms with Crippen LogP contribution in [0.3, 0.4) is 0 Å². The Kier molecular flexibility index (Phi) is 4.05. The van der Waals surface area contributed by atoms with E-state index in [2.05, 4.69) is 131 Å². The Hall–Kier alpha value is -2.94. The van der Waals surface area contributed by atoms with Gasteiger partial charge in [0, 0.05) is 4.47 Å². The lowest BCUT2D eigenvalue weighted by atomic mass is 10.1. The van der Waals surface area contributed by atoms with Crippen molar-refractivity contribution in [2.45, 2.75) is 0 Å². The SMILES string of the molecule is Brc1cccc2c1-c1ccccc1[Si]2(c1ccccc1)c1cccc2ccccc12. The average Bonchev–Trinajstić information content (AvgIpc) is 3.11. The molecule has 0 aliphatic carbocycles. The van der Waals surface area contributed by atoms with Gasteiger partial charge in [0.1, 0.15) is 0 Å². The molecule has 0 saturated heterocycles. The molecule has 5 aromatic rings. The summed E-state index contributed by atoms with van der Waals surface area (Å²) in [5.41, 5.74) is 2.72. The number of rotatable bonds is 2. The number of fused-ring (bicyclic) bond motifs is 4. The van der Waals surface area contributed by atoms with Gasteiger partial charge < -0.3 is 0 Å². The minimum absolute atomic E-state index is 1.18. The molecule has 0 saturated carbocycles. The first-order valence-corrected chi connectivity index (χ1v) is 13.0. The predicted molar refractivity (Wildman–Crippen MR) is 134 cm³/mol. The average molecular weight is 463 g/mol. The fraction of sp³-hybridized carbons (Fsp3) is 0. The molecule has 0 amide bonds. The van der Waals surface area contributed by atoms with Crippen LogP contribution in [-0.2, 0) is 0 Å². The monoisotopic (exact) mass is 462 g/mol. The Bertz CT molecular complexity index is 1400. The maximum absolute atomic E-state index is 3.89. The number of hydrogen-bond acceptors (Lipinski definition) is 0. The van der Waals surface area contributed by atoms with Crippen molar-refractivity contribution in [3.05, 3.63) is 120 Å². The Morgan fingerprint density at radius 2 is 1.13 bits per heavy atom. The van der Waals surface area contributed by atoms with Crippen molar-refractivity contribution in [3.8, 4) is 11.1 Å². The van der Waals surface area contributed by atoms with Gasteiger partial charge in [0.15, 0.2) is 8.07 Å². The van der Waals surface area contributed by atoms with Crippen molar-refractivity contribution < 1.29 is 0 Å². The van der Waals surface area contributed by atoms with E-state index in [-0.39, 0.29) is 0 Å². The molecule has 0 nitrogen and oxygen atoms in total. The van der Waals surface area contributed by atoms with Crippen molar-refractivity contribution in [3.63, 3.8) is 0 Å². The normalized spacial score (nSPS) is 17.0. The van der Waals surface area contributed by atoms with E-state index in [4.69, 9.17) is 0 Å². The van der Waals surface area contributed by atoms with Gasteiger partial charge in [0.25, 0.3) is 0 Å². The standard InChI is InChI=1S/C28H19BrSi/c29-24-16-9-19-27-28(24)23-15-6-7-17-26(23)30(27,21-12-2-1-3-13-21)25-18-8-11-20-10-4-5-14-22(20)25/h1-19H. The molecule has 0 N–H and O–H groups in total. The smallest absolute Gasteiger partial charge is 0.0623 e. The van der Waals surface area contributed by atoms with Crippen LogP contribution in [-0.4, -0.2) is 8.07 Å². The first-order valence-electron chi connectivity index (χ1n) is 10.2. The van der Waals surface area contributed by atoms with E-state index in [1.54, 1.807) is 0 Å². The van der Waals surface area contributed by atoms with Crippen LogP contribution in [0.1, 0.15) is 0 Å². The highest BCUT2D eigenvalue weighted by Gasteiger charge is 2.49. The minimum Gasteiger partial charge on any atom is -0.0623 e. The summed E-state index contributed by atoms with van der Waals surface area (Å²) in [7, 11) is -2.45. The largest absolute Gasteiger partial charge is 0.181 e. The topological polar surface area (TPSA) is 0 Å². The molecule has 1 aliphatic rings. The summed E-state index contributed by atoms with van der Waals surface area (Å²) in [5.74, 6) is 0. The van der Waals surface area contributed by atoms with Crippen LogP contribution in [0.25, 0.3) is 21.9 Å². The molecule has 1 aliphatic heterocycles. The van der Waals surface area contributed by atoms with Crippen molar-refractivity contribution in [1.29, 1.82) is 0 Å². The molecule has 5 aromatic carbocycles. The highest BCUT2D eigenvalue weighted by molar-refractivity contribution is 9.10. The highest BCUT2D eigenvalue weighted by atomic mass is 79.9. The molecule has 0 spiro atoms. The van der Waals surface area contributed by atoms with Crippen LogP contribution in [0.4, 0.5) is 0 Å². The summed E-state index contributed by atoms with van der Waals surface area (Å²) >= 11 is 3.89. The van der Waals surface area contributed by atoms with E-state index in [1.807, 2.05) is 0 Å². The van der Waals surface area contributed by atoms with Gasteiger partial charge in [-0.25, -0.2) is 0 Å². The van der Waals surface area contributed by atoms with E-state index in [9.17, 15) is 0 Å². The Morgan fingerprint density at radius 3 is 2.03 bits per heavy atom. The van der Waals surface area contributed by atoms with Gasteiger partial charge in [-0.1, -0.05) is 125 Å². The maximum atomic E-state index is 3.89. The van der Waals surface area contributed by atoms with E-state index in [1.165, 1.54) is 47.1 Å². The predicted octanol–water partition coefficient (Wildman–Crippen LogP) is 4.96. The second-order valence-electron chi connectivity index (χ2n) is 7.85. The Balaban J connectivity index is 1.87. The van der Waals surface area contributed by atoms with Gasteiger partial charge in [0.2, 0.25) is 0 Å². The molecule has 0 aromatic heterocycles. The summed E-state index contributed by atoms with van der Waals surface area (Å²) in [6, 6.07) is 42.6. The van der Waals surface area contributed by atoms with Crippen LogP contribution in [0.5, 0.6) is 0 Å². The maximum Gasteiger partial charge on any atom is 0.181 e. The molecule has 30 heavy (non-hydrogen) atoms. The van der Waals surface area contributed by atoms with Crippen molar-refractivity contribution in [2.24, 2.45) is 0 Å². The van der Waals surface area contributed by atoms with Crippen LogP contribution in [0.2, 0.25) is 0 Å². The van der Waals surface area contributed by atoms with Gasteiger partial charge in [-0.3, -0.25) is 0 Å². The lowest BCUT2D eigenvalue weighted by Gasteiger charge is -2.32. The zero-order valence-electron chi connectivity index (χ0n) is 16.3. The Labute approximate surface area is 186 Å². The molecule has 1 atom stereocenters. The first kappa shape index (κ1) is 17.9. The summed E-state index contributed by atoms with van der Waals surface area (Å²) in [4.78, 5) is 0. The van der Waals surface area contributed by atoms with Gasteiger partial charge in [-0.05, 0) is 48.7 Å². The van der Waals surface area contributed by atoms with Crippen LogP contribution in [0, 0.1) is 0 Å². The summed E-state index contributed by atoms with van der Waals surface area (Å²) in [6.45, 7) is 0. The molecule has 6 rings (SSSR count). The van der Waals surface area contributed by atoms with Gasteiger partial charge in [-0.2, -0.15) is 0 Å². The molecule has 2 heteroatoms.